The molecule has 1 rings (SSSR count). The van der Waals surface area contributed by atoms with Crippen LogP contribution in [0, 0.1) is 0 Å². The Balaban J connectivity index is 2.38. The van der Waals surface area contributed by atoms with E-state index < -0.39 is 0 Å². The number of piperazine rings is 1. The second kappa shape index (κ2) is 6.97. The van der Waals surface area contributed by atoms with Gasteiger partial charge in [-0.05, 0) is 19.8 Å². The van der Waals surface area contributed by atoms with Gasteiger partial charge in [0.05, 0.1) is 6.04 Å². The molecule has 0 aromatic rings. The number of hydrogen-bond donors (Lipinski definition) is 1. The maximum Gasteiger partial charge on any atom is 0.239 e. The summed E-state index contributed by atoms with van der Waals surface area (Å²) in [4.78, 5) is 16.4. The van der Waals surface area contributed by atoms with E-state index in [1.165, 1.54) is 6.42 Å². The molecule has 0 aliphatic carbocycles. The third-order valence-electron chi connectivity index (χ3n) is 3.76. The summed E-state index contributed by atoms with van der Waals surface area (Å²) in [6.07, 6.45) is 2.94. The molecule has 2 unspecified atom stereocenters. The molecule has 4 nitrogen and oxygen atoms in total. The van der Waals surface area contributed by atoms with Crippen LogP contribution < -0.4 is 5.73 Å². The van der Waals surface area contributed by atoms with Gasteiger partial charge in [0.1, 0.15) is 0 Å². The summed E-state index contributed by atoms with van der Waals surface area (Å²) < 4.78 is 0. The van der Waals surface area contributed by atoms with Crippen LogP contribution in [0.2, 0.25) is 0 Å². The summed E-state index contributed by atoms with van der Waals surface area (Å²) in [6, 6.07) is 0.326. The quantitative estimate of drug-likeness (QED) is 0.783. The summed E-state index contributed by atoms with van der Waals surface area (Å²) in [5.41, 5.74) is 5.87. The lowest BCUT2D eigenvalue weighted by Crippen LogP contribution is -2.54. The van der Waals surface area contributed by atoms with Gasteiger partial charge in [0.25, 0.3) is 0 Å². The Kier molecular flexibility index (Phi) is 5.92. The van der Waals surface area contributed by atoms with Crippen LogP contribution in [0.3, 0.4) is 0 Å². The maximum absolute atomic E-state index is 12.0. The lowest BCUT2D eigenvalue weighted by atomic mass is 10.1. The summed E-state index contributed by atoms with van der Waals surface area (Å²) in [5, 5.41) is 0. The lowest BCUT2D eigenvalue weighted by molar-refractivity contribution is -0.134. The van der Waals surface area contributed by atoms with Gasteiger partial charge < -0.3 is 10.6 Å². The van der Waals surface area contributed by atoms with Gasteiger partial charge in [0.2, 0.25) is 5.91 Å². The lowest BCUT2D eigenvalue weighted by Gasteiger charge is -2.38. The van der Waals surface area contributed by atoms with Gasteiger partial charge in [-0.2, -0.15) is 0 Å². The SMILES string of the molecule is CCCC(N)C(=O)N1CCN(C(C)CC)CC1. The fourth-order valence-electron chi connectivity index (χ4n) is 2.31. The first-order chi connectivity index (χ1) is 8.10. The molecule has 0 aromatic carbocycles. The first-order valence-electron chi connectivity index (χ1n) is 6.88. The molecule has 0 aromatic heterocycles. The minimum Gasteiger partial charge on any atom is -0.339 e. The fraction of sp³-hybridized carbons (Fsp3) is 0.923. The van der Waals surface area contributed by atoms with E-state index in [9.17, 15) is 4.79 Å². The average Bonchev–Trinajstić information content (AvgIpc) is 2.37. The van der Waals surface area contributed by atoms with Crippen molar-refractivity contribution in [3.63, 3.8) is 0 Å². The molecule has 2 atom stereocenters. The minimum absolute atomic E-state index is 0.135. The monoisotopic (exact) mass is 241 g/mol. The molecule has 100 valence electrons. The minimum atomic E-state index is -0.296. The van der Waals surface area contributed by atoms with Crippen LogP contribution in [0.5, 0.6) is 0 Å². The average molecular weight is 241 g/mol. The zero-order valence-electron chi connectivity index (χ0n) is 11.5. The van der Waals surface area contributed by atoms with Crippen molar-refractivity contribution >= 4 is 5.91 Å². The number of nitrogens with two attached hydrogens (primary N) is 1. The molecule has 1 saturated heterocycles. The van der Waals surface area contributed by atoms with Crippen molar-refractivity contribution in [2.75, 3.05) is 26.2 Å². The van der Waals surface area contributed by atoms with Crippen molar-refractivity contribution in [1.29, 1.82) is 0 Å². The number of hydrogen-bond acceptors (Lipinski definition) is 3. The molecule has 0 spiro atoms. The standard InChI is InChI=1S/C13H27N3O/c1-4-6-12(14)13(17)16-9-7-15(8-10-16)11(3)5-2/h11-12H,4-10,14H2,1-3H3. The number of amides is 1. The van der Waals surface area contributed by atoms with Gasteiger partial charge in [-0.15, -0.1) is 0 Å². The predicted molar refractivity (Wildman–Crippen MR) is 70.8 cm³/mol. The van der Waals surface area contributed by atoms with Crippen molar-refractivity contribution in [3.05, 3.63) is 0 Å². The van der Waals surface area contributed by atoms with Gasteiger partial charge in [-0.3, -0.25) is 9.69 Å². The van der Waals surface area contributed by atoms with Crippen molar-refractivity contribution in [2.45, 2.75) is 52.1 Å². The van der Waals surface area contributed by atoms with Gasteiger partial charge in [0.15, 0.2) is 0 Å². The van der Waals surface area contributed by atoms with E-state index in [-0.39, 0.29) is 11.9 Å². The molecule has 17 heavy (non-hydrogen) atoms. The van der Waals surface area contributed by atoms with Gasteiger partial charge in [-0.25, -0.2) is 0 Å². The second-order valence-electron chi connectivity index (χ2n) is 5.01. The van der Waals surface area contributed by atoms with Crippen LogP contribution in [0.15, 0.2) is 0 Å². The topological polar surface area (TPSA) is 49.6 Å². The maximum atomic E-state index is 12.0. The van der Waals surface area contributed by atoms with E-state index in [4.69, 9.17) is 5.73 Å². The molecule has 0 bridgehead atoms. The molecule has 2 N–H and O–H groups in total. The van der Waals surface area contributed by atoms with Crippen LogP contribution in [-0.4, -0.2) is 54.0 Å². The third kappa shape index (κ3) is 3.96. The van der Waals surface area contributed by atoms with Crippen molar-refractivity contribution in [3.8, 4) is 0 Å². The third-order valence-corrected chi connectivity index (χ3v) is 3.76. The van der Waals surface area contributed by atoms with Gasteiger partial charge >= 0.3 is 0 Å². The summed E-state index contributed by atoms with van der Waals surface area (Å²) in [5.74, 6) is 0.135. The molecular weight excluding hydrogens is 214 g/mol. The Morgan fingerprint density at radius 3 is 2.29 bits per heavy atom. The highest BCUT2D eigenvalue weighted by Crippen LogP contribution is 2.10. The molecule has 1 amide bonds. The first-order valence-corrected chi connectivity index (χ1v) is 6.88. The zero-order chi connectivity index (χ0) is 12.8. The Hall–Kier alpha value is -0.610. The van der Waals surface area contributed by atoms with E-state index in [1.807, 2.05) is 4.90 Å². The van der Waals surface area contributed by atoms with E-state index in [0.29, 0.717) is 6.04 Å². The zero-order valence-corrected chi connectivity index (χ0v) is 11.5. The largest absolute Gasteiger partial charge is 0.339 e. The summed E-state index contributed by atoms with van der Waals surface area (Å²) in [7, 11) is 0. The van der Waals surface area contributed by atoms with Gasteiger partial charge in [0, 0.05) is 32.2 Å². The van der Waals surface area contributed by atoms with Crippen molar-refractivity contribution < 1.29 is 4.79 Å². The number of rotatable bonds is 5. The Morgan fingerprint density at radius 2 is 1.82 bits per heavy atom. The smallest absolute Gasteiger partial charge is 0.239 e. The number of carbonyl (C=O) groups is 1. The molecule has 0 radical (unpaired) electrons. The van der Waals surface area contributed by atoms with Gasteiger partial charge in [-0.1, -0.05) is 20.3 Å². The highest BCUT2D eigenvalue weighted by Gasteiger charge is 2.25. The number of nitrogens with zero attached hydrogens (tertiary/aromatic N) is 2. The van der Waals surface area contributed by atoms with E-state index in [1.54, 1.807) is 0 Å². The highest BCUT2D eigenvalue weighted by atomic mass is 16.2. The molecular formula is C13H27N3O. The van der Waals surface area contributed by atoms with E-state index in [2.05, 4.69) is 25.7 Å². The fourth-order valence-corrected chi connectivity index (χ4v) is 2.31. The molecule has 0 saturated carbocycles. The molecule has 4 heteroatoms. The van der Waals surface area contributed by atoms with Crippen LogP contribution in [0.4, 0.5) is 0 Å². The summed E-state index contributed by atoms with van der Waals surface area (Å²) >= 11 is 0. The molecule has 1 heterocycles. The van der Waals surface area contributed by atoms with E-state index in [0.717, 1.165) is 39.0 Å². The Morgan fingerprint density at radius 1 is 1.24 bits per heavy atom. The molecule has 1 aliphatic heterocycles. The van der Waals surface area contributed by atoms with Crippen molar-refractivity contribution in [1.82, 2.24) is 9.80 Å². The number of carbonyl (C=O) groups excluding carboxylic acids is 1. The van der Waals surface area contributed by atoms with Crippen LogP contribution in [-0.2, 0) is 4.79 Å². The Labute approximate surface area is 105 Å². The first kappa shape index (κ1) is 14.5. The van der Waals surface area contributed by atoms with E-state index >= 15 is 0 Å². The van der Waals surface area contributed by atoms with Crippen LogP contribution in [0.1, 0.15) is 40.0 Å². The van der Waals surface area contributed by atoms with Crippen LogP contribution >= 0.6 is 0 Å². The second-order valence-corrected chi connectivity index (χ2v) is 5.01. The van der Waals surface area contributed by atoms with Crippen molar-refractivity contribution in [2.24, 2.45) is 5.73 Å². The summed E-state index contributed by atoms with van der Waals surface area (Å²) in [6.45, 7) is 10.2. The molecule has 1 aliphatic rings. The highest BCUT2D eigenvalue weighted by molar-refractivity contribution is 5.81. The molecule has 1 fully saturated rings. The Bertz CT molecular complexity index is 237. The van der Waals surface area contributed by atoms with Crippen LogP contribution in [0.25, 0.3) is 0 Å². The normalized spacial score (nSPS) is 21.3. The predicted octanol–water partition coefficient (Wildman–Crippen LogP) is 1.06.